The predicted molar refractivity (Wildman–Crippen MR) is 83.8 cm³/mol. The smallest absolute Gasteiger partial charge is 0.192 e. The van der Waals surface area contributed by atoms with Crippen LogP contribution in [0.25, 0.3) is 11.0 Å². The zero-order chi connectivity index (χ0) is 15.0. The van der Waals surface area contributed by atoms with Gasteiger partial charge in [-0.1, -0.05) is 12.1 Å². The number of Topliss-reactive ketones (excluding diaryl/α,β-unsaturated/α-hetero) is 1. The first-order valence-electron chi connectivity index (χ1n) is 6.79. The van der Waals surface area contributed by atoms with Crippen LogP contribution >= 0.6 is 11.3 Å². The fourth-order valence-corrected chi connectivity index (χ4v) is 3.18. The molecule has 0 spiro atoms. The van der Waals surface area contributed by atoms with Gasteiger partial charge >= 0.3 is 0 Å². The van der Waals surface area contributed by atoms with Gasteiger partial charge in [-0.25, -0.2) is 4.98 Å². The molecule has 0 aliphatic rings. The van der Waals surface area contributed by atoms with Crippen LogP contribution in [-0.4, -0.2) is 20.4 Å². The van der Waals surface area contributed by atoms with Crippen molar-refractivity contribution in [1.29, 1.82) is 0 Å². The van der Waals surface area contributed by atoms with Crippen molar-refractivity contribution < 1.29 is 9.90 Å². The van der Waals surface area contributed by atoms with Crippen LogP contribution in [0.15, 0.2) is 36.4 Å². The Hall–Kier alpha value is -1.98. The molecule has 0 aliphatic heterocycles. The second-order valence-corrected chi connectivity index (χ2v) is 6.34. The number of hydrogen-bond acceptors (Lipinski definition) is 4. The number of aliphatic hydroxyl groups excluding tert-OH is 1. The van der Waals surface area contributed by atoms with Gasteiger partial charge in [-0.2, -0.15) is 0 Å². The third-order valence-corrected chi connectivity index (χ3v) is 4.42. The molecule has 4 nitrogen and oxygen atoms in total. The number of hydrogen-bond donors (Lipinski definition) is 1. The number of thiophene rings is 1. The van der Waals surface area contributed by atoms with Crippen molar-refractivity contribution in [3.8, 4) is 0 Å². The number of aryl methyl sites for hydroxylation is 1. The summed E-state index contributed by atoms with van der Waals surface area (Å²) in [5.41, 5.74) is 1.67. The Morgan fingerprint density at radius 2 is 2.10 bits per heavy atom. The fourth-order valence-electron chi connectivity index (χ4n) is 2.39. The molecule has 0 fully saturated rings. The average Bonchev–Trinajstić information content (AvgIpc) is 3.03. The van der Waals surface area contributed by atoms with E-state index >= 15 is 0 Å². The molecule has 108 valence electrons. The quantitative estimate of drug-likeness (QED) is 0.752. The number of para-hydroxylation sites is 2. The normalized spacial score (nSPS) is 12.7. The van der Waals surface area contributed by atoms with Crippen LogP contribution in [0.4, 0.5) is 0 Å². The molecule has 2 aromatic heterocycles. The number of ketones is 1. The second kappa shape index (κ2) is 5.42. The zero-order valence-corrected chi connectivity index (χ0v) is 12.7. The minimum Gasteiger partial charge on any atom is -0.385 e. The number of aliphatic hydroxyl groups is 1. The van der Waals surface area contributed by atoms with Crippen LogP contribution < -0.4 is 0 Å². The Morgan fingerprint density at radius 3 is 2.76 bits per heavy atom. The molecular formula is C16H16N2O2S. The highest BCUT2D eigenvalue weighted by Gasteiger charge is 2.18. The van der Waals surface area contributed by atoms with Crippen molar-refractivity contribution in [1.82, 2.24) is 9.55 Å². The summed E-state index contributed by atoms with van der Waals surface area (Å²) in [5.74, 6) is 0.566. The van der Waals surface area contributed by atoms with Crippen LogP contribution in [-0.2, 0) is 6.54 Å². The summed E-state index contributed by atoms with van der Waals surface area (Å²) in [7, 11) is 0. The maximum Gasteiger partial charge on any atom is 0.192 e. The minimum absolute atomic E-state index is 0.0400. The Balaban J connectivity index is 2.03. The predicted octanol–water partition coefficient (Wildman–Crippen LogP) is 3.34. The second-order valence-electron chi connectivity index (χ2n) is 5.05. The number of imidazole rings is 1. The third kappa shape index (κ3) is 2.62. The van der Waals surface area contributed by atoms with Crippen molar-refractivity contribution in [3.05, 3.63) is 52.0 Å². The van der Waals surface area contributed by atoms with Crippen molar-refractivity contribution in [2.45, 2.75) is 26.5 Å². The summed E-state index contributed by atoms with van der Waals surface area (Å²) in [6.45, 7) is 3.84. The van der Waals surface area contributed by atoms with Gasteiger partial charge in [-0.15, -0.1) is 11.3 Å². The van der Waals surface area contributed by atoms with Crippen LogP contribution in [0.1, 0.15) is 33.4 Å². The number of aromatic nitrogens is 2. The molecule has 0 saturated heterocycles. The van der Waals surface area contributed by atoms with Gasteiger partial charge in [0.1, 0.15) is 11.9 Å². The molecule has 0 saturated carbocycles. The Bertz CT molecular complexity index is 802. The first-order chi connectivity index (χ1) is 10.1. The monoisotopic (exact) mass is 300 g/mol. The van der Waals surface area contributed by atoms with E-state index in [0.29, 0.717) is 5.82 Å². The summed E-state index contributed by atoms with van der Waals surface area (Å²) in [6.07, 6.45) is -0.713. The average molecular weight is 300 g/mol. The highest BCUT2D eigenvalue weighted by molar-refractivity contribution is 7.14. The van der Waals surface area contributed by atoms with E-state index in [0.717, 1.165) is 20.8 Å². The number of nitrogens with zero attached hydrogens (tertiary/aromatic N) is 2. The van der Waals surface area contributed by atoms with Gasteiger partial charge in [0.25, 0.3) is 0 Å². The number of benzene rings is 1. The van der Waals surface area contributed by atoms with Crippen molar-refractivity contribution >= 4 is 28.2 Å². The van der Waals surface area contributed by atoms with E-state index < -0.39 is 6.10 Å². The highest BCUT2D eigenvalue weighted by atomic mass is 32.1. The lowest BCUT2D eigenvalue weighted by Gasteiger charge is -2.09. The summed E-state index contributed by atoms with van der Waals surface area (Å²) in [4.78, 5) is 18.7. The Morgan fingerprint density at radius 1 is 1.33 bits per heavy atom. The lowest BCUT2D eigenvalue weighted by atomic mass is 10.2. The summed E-state index contributed by atoms with van der Waals surface area (Å²) in [6, 6.07) is 11.4. The van der Waals surface area contributed by atoms with Gasteiger partial charge in [0.15, 0.2) is 5.78 Å². The molecular weight excluding hydrogens is 284 g/mol. The van der Waals surface area contributed by atoms with Crippen LogP contribution in [0, 0.1) is 6.92 Å². The van der Waals surface area contributed by atoms with E-state index in [4.69, 9.17) is 0 Å². The summed E-state index contributed by atoms with van der Waals surface area (Å²) in [5, 5.41) is 9.90. The van der Waals surface area contributed by atoms with Gasteiger partial charge in [0.05, 0.1) is 22.5 Å². The molecule has 2 heterocycles. The highest BCUT2D eigenvalue weighted by Crippen LogP contribution is 2.22. The van der Waals surface area contributed by atoms with E-state index in [9.17, 15) is 9.90 Å². The molecule has 0 unspecified atom stereocenters. The summed E-state index contributed by atoms with van der Waals surface area (Å²) >= 11 is 1.49. The molecule has 1 aromatic carbocycles. The lowest BCUT2D eigenvalue weighted by Crippen LogP contribution is -2.13. The molecule has 0 radical (unpaired) electrons. The molecule has 1 atom stereocenters. The topological polar surface area (TPSA) is 55.1 Å². The maximum atomic E-state index is 12.4. The van der Waals surface area contributed by atoms with E-state index in [2.05, 4.69) is 4.98 Å². The molecule has 21 heavy (non-hydrogen) atoms. The molecule has 3 aromatic rings. The standard InChI is InChI=1S/C16H16N2O2S/c1-10-7-8-15(21-10)14(20)9-18-13-6-4-3-5-12(13)17-16(18)11(2)19/h3-8,11,19H,9H2,1-2H3/t11-/m0/s1. The maximum absolute atomic E-state index is 12.4. The molecule has 0 bridgehead atoms. The Kier molecular flexibility index (Phi) is 3.61. The first-order valence-corrected chi connectivity index (χ1v) is 7.61. The van der Waals surface area contributed by atoms with Crippen LogP contribution in [0.3, 0.4) is 0 Å². The molecule has 0 aliphatic carbocycles. The minimum atomic E-state index is -0.713. The van der Waals surface area contributed by atoms with Gasteiger partial charge in [0.2, 0.25) is 0 Å². The number of fused-ring (bicyclic) bond motifs is 1. The van der Waals surface area contributed by atoms with E-state index in [-0.39, 0.29) is 12.3 Å². The number of carbonyl (C=O) groups excluding carboxylic acids is 1. The summed E-state index contributed by atoms with van der Waals surface area (Å²) < 4.78 is 1.80. The van der Waals surface area contributed by atoms with Crippen molar-refractivity contribution in [2.24, 2.45) is 0 Å². The number of carbonyl (C=O) groups is 1. The molecule has 1 N–H and O–H groups in total. The first kappa shape index (κ1) is 14.0. The van der Waals surface area contributed by atoms with Gasteiger partial charge < -0.3 is 9.67 Å². The van der Waals surface area contributed by atoms with Gasteiger partial charge in [0, 0.05) is 4.88 Å². The number of rotatable bonds is 4. The van der Waals surface area contributed by atoms with E-state index in [1.54, 1.807) is 11.5 Å². The van der Waals surface area contributed by atoms with Gasteiger partial charge in [-0.05, 0) is 38.1 Å². The van der Waals surface area contributed by atoms with Crippen LogP contribution in [0.2, 0.25) is 0 Å². The molecule has 3 rings (SSSR count). The fraction of sp³-hybridized carbons (Fsp3) is 0.250. The molecule has 5 heteroatoms. The van der Waals surface area contributed by atoms with E-state index in [1.807, 2.05) is 43.3 Å². The van der Waals surface area contributed by atoms with Crippen LogP contribution in [0.5, 0.6) is 0 Å². The molecule has 0 amide bonds. The lowest BCUT2D eigenvalue weighted by molar-refractivity contribution is 0.0972. The zero-order valence-electron chi connectivity index (χ0n) is 11.9. The van der Waals surface area contributed by atoms with Crippen molar-refractivity contribution in [3.63, 3.8) is 0 Å². The van der Waals surface area contributed by atoms with Crippen molar-refractivity contribution in [2.75, 3.05) is 0 Å². The third-order valence-electron chi connectivity index (χ3n) is 3.37. The van der Waals surface area contributed by atoms with E-state index in [1.165, 1.54) is 11.3 Å². The Labute approximate surface area is 126 Å². The SMILES string of the molecule is Cc1ccc(C(=O)Cn2c([C@H](C)O)nc3ccccc32)s1. The van der Waals surface area contributed by atoms with Gasteiger partial charge in [-0.3, -0.25) is 4.79 Å². The largest absolute Gasteiger partial charge is 0.385 e.